The molecule has 3 aromatic rings. The van der Waals surface area contributed by atoms with E-state index in [0.717, 1.165) is 21.8 Å². The van der Waals surface area contributed by atoms with Gasteiger partial charge in [0, 0.05) is 16.5 Å². The first-order valence-corrected chi connectivity index (χ1v) is 9.58. The lowest BCUT2D eigenvalue weighted by Crippen LogP contribution is -2.33. The van der Waals surface area contributed by atoms with Crippen molar-refractivity contribution in [3.63, 3.8) is 0 Å². The van der Waals surface area contributed by atoms with Crippen molar-refractivity contribution < 1.29 is 4.79 Å². The first-order valence-electron chi connectivity index (χ1n) is 7.31. The molecule has 0 atom stereocenters. The van der Waals surface area contributed by atoms with Crippen LogP contribution in [0, 0.1) is 0 Å². The largest absolute Gasteiger partial charge is 0.349 e. The predicted molar refractivity (Wildman–Crippen MR) is 97.2 cm³/mol. The minimum absolute atomic E-state index is 0.106. The van der Waals surface area contributed by atoms with Gasteiger partial charge in [-0.05, 0) is 12.3 Å². The third-order valence-corrected chi connectivity index (χ3v) is 5.03. The van der Waals surface area contributed by atoms with E-state index in [1.807, 2.05) is 23.8 Å². The van der Waals surface area contributed by atoms with Gasteiger partial charge in [-0.3, -0.25) is 9.59 Å². The summed E-state index contributed by atoms with van der Waals surface area (Å²) in [6.07, 6.45) is 3.62. The highest BCUT2D eigenvalue weighted by molar-refractivity contribution is 7.97. The molecule has 124 valence electrons. The monoisotopic (exact) mass is 360 g/mol. The molecule has 0 saturated heterocycles. The summed E-state index contributed by atoms with van der Waals surface area (Å²) in [7, 11) is 0. The zero-order valence-corrected chi connectivity index (χ0v) is 14.7. The molecule has 24 heavy (non-hydrogen) atoms. The van der Waals surface area contributed by atoms with Crippen molar-refractivity contribution in [3.8, 4) is 0 Å². The average Bonchev–Trinajstić information content (AvgIpc) is 3.04. The molecule has 2 heterocycles. The Bertz CT molecular complexity index is 920. The van der Waals surface area contributed by atoms with Gasteiger partial charge < -0.3 is 5.32 Å². The second-order valence-electron chi connectivity index (χ2n) is 5.14. The molecule has 8 heteroatoms. The molecule has 1 aromatic carbocycles. The lowest BCUT2D eigenvalue weighted by molar-refractivity contribution is -0.122. The zero-order valence-electron chi connectivity index (χ0n) is 13.1. The maximum atomic E-state index is 12.3. The Kier molecular flexibility index (Phi) is 5.27. The number of hydrogen-bond acceptors (Lipinski definition) is 6. The number of hydrogen-bond donors (Lipinski definition) is 1. The van der Waals surface area contributed by atoms with Crippen LogP contribution in [0.1, 0.15) is 10.7 Å². The van der Waals surface area contributed by atoms with Gasteiger partial charge in [0.25, 0.3) is 5.56 Å². The van der Waals surface area contributed by atoms with E-state index in [9.17, 15) is 9.59 Å². The van der Waals surface area contributed by atoms with Crippen molar-refractivity contribution in [2.45, 2.75) is 18.8 Å². The molecule has 1 N–H and O–H groups in total. The number of nitrogens with zero attached hydrogens (tertiary/aromatic N) is 3. The summed E-state index contributed by atoms with van der Waals surface area (Å²) < 4.78 is 1.18. The van der Waals surface area contributed by atoms with Crippen LogP contribution in [0.4, 0.5) is 0 Å². The van der Waals surface area contributed by atoms with Gasteiger partial charge in [0.15, 0.2) is 0 Å². The number of carbonyl (C=O) groups excluding carboxylic acids is 1. The first kappa shape index (κ1) is 16.7. The van der Waals surface area contributed by atoms with Gasteiger partial charge in [-0.25, -0.2) is 9.67 Å². The molecule has 0 aliphatic heterocycles. The van der Waals surface area contributed by atoms with Crippen LogP contribution in [0.15, 0.2) is 40.6 Å². The molecule has 0 aliphatic rings. The molecule has 0 fully saturated rings. The molecule has 6 nitrogen and oxygen atoms in total. The fourth-order valence-corrected chi connectivity index (χ4v) is 3.76. The van der Waals surface area contributed by atoms with Crippen molar-refractivity contribution in [2.75, 3.05) is 6.26 Å². The topological polar surface area (TPSA) is 76.9 Å². The van der Waals surface area contributed by atoms with Gasteiger partial charge in [0.05, 0.1) is 23.8 Å². The molecule has 1 amide bonds. The normalized spacial score (nSPS) is 10.9. The molecule has 0 spiro atoms. The van der Waals surface area contributed by atoms with Crippen LogP contribution < -0.4 is 10.9 Å². The van der Waals surface area contributed by atoms with Gasteiger partial charge >= 0.3 is 0 Å². The Morgan fingerprint density at radius 2 is 2.21 bits per heavy atom. The second kappa shape index (κ2) is 7.59. The van der Waals surface area contributed by atoms with Crippen LogP contribution in [0.2, 0.25) is 0 Å². The van der Waals surface area contributed by atoms with Crippen molar-refractivity contribution in [3.05, 3.63) is 56.9 Å². The average molecular weight is 360 g/mol. The Hall–Kier alpha value is -2.19. The maximum Gasteiger partial charge on any atom is 0.275 e. The minimum atomic E-state index is -0.265. The fourth-order valence-electron chi connectivity index (χ4n) is 2.24. The van der Waals surface area contributed by atoms with Gasteiger partial charge in [0.1, 0.15) is 11.6 Å². The van der Waals surface area contributed by atoms with E-state index >= 15 is 0 Å². The van der Waals surface area contributed by atoms with Crippen LogP contribution in [-0.4, -0.2) is 26.9 Å². The van der Waals surface area contributed by atoms with E-state index in [0.29, 0.717) is 11.9 Å². The second-order valence-corrected chi connectivity index (χ2v) is 6.95. The third-order valence-electron chi connectivity index (χ3n) is 3.39. The predicted octanol–water partition coefficient (Wildman–Crippen LogP) is 2.03. The molecule has 0 saturated carbocycles. The van der Waals surface area contributed by atoms with E-state index in [1.165, 1.54) is 4.68 Å². The van der Waals surface area contributed by atoms with Crippen LogP contribution >= 0.6 is 23.1 Å². The zero-order chi connectivity index (χ0) is 16.9. The van der Waals surface area contributed by atoms with Crippen LogP contribution in [0.25, 0.3) is 10.8 Å². The smallest absolute Gasteiger partial charge is 0.275 e. The van der Waals surface area contributed by atoms with Gasteiger partial charge in [-0.1, -0.05) is 18.2 Å². The highest BCUT2D eigenvalue weighted by Gasteiger charge is 2.09. The Morgan fingerprint density at radius 1 is 1.38 bits per heavy atom. The van der Waals surface area contributed by atoms with Crippen molar-refractivity contribution in [1.29, 1.82) is 0 Å². The minimum Gasteiger partial charge on any atom is -0.349 e. The highest BCUT2D eigenvalue weighted by Crippen LogP contribution is 2.14. The van der Waals surface area contributed by atoms with E-state index in [-0.39, 0.29) is 18.0 Å². The summed E-state index contributed by atoms with van der Waals surface area (Å²) in [5.74, 6) is 0.606. The van der Waals surface area contributed by atoms with E-state index in [2.05, 4.69) is 15.4 Å². The van der Waals surface area contributed by atoms with Gasteiger partial charge in [0.2, 0.25) is 5.91 Å². The quantitative estimate of drug-likeness (QED) is 0.728. The van der Waals surface area contributed by atoms with E-state index < -0.39 is 0 Å². The summed E-state index contributed by atoms with van der Waals surface area (Å²) in [5, 5.41) is 11.1. The maximum absolute atomic E-state index is 12.3. The summed E-state index contributed by atoms with van der Waals surface area (Å²) in [6, 6.07) is 7.20. The molecule has 0 bridgehead atoms. The van der Waals surface area contributed by atoms with Crippen molar-refractivity contribution in [1.82, 2.24) is 20.1 Å². The van der Waals surface area contributed by atoms with Gasteiger partial charge in [-0.2, -0.15) is 16.9 Å². The molecule has 3 rings (SSSR count). The van der Waals surface area contributed by atoms with E-state index in [1.54, 1.807) is 41.4 Å². The number of nitrogens with one attached hydrogen (secondary N) is 1. The number of thiazole rings is 1. The van der Waals surface area contributed by atoms with E-state index in [4.69, 9.17) is 0 Å². The number of aromatic nitrogens is 3. The standard InChI is InChI=1S/C16H16N4O2S2/c1-23-10-15-19-12(9-24-15)7-17-14(21)8-20-16(22)13-5-3-2-4-11(13)6-18-20/h2-6,9H,7-8,10H2,1H3,(H,17,21). The SMILES string of the molecule is CSCc1nc(CNC(=O)Cn2ncc3ccccc3c2=O)cs1. The first-order chi connectivity index (χ1) is 11.7. The third kappa shape index (κ3) is 3.82. The number of rotatable bonds is 6. The number of thioether (sulfide) groups is 1. The highest BCUT2D eigenvalue weighted by atomic mass is 32.2. The van der Waals surface area contributed by atoms with Crippen LogP contribution in [0.5, 0.6) is 0 Å². The Morgan fingerprint density at radius 3 is 3.04 bits per heavy atom. The van der Waals surface area contributed by atoms with Crippen LogP contribution in [-0.2, 0) is 23.6 Å². The summed E-state index contributed by atoms with van der Waals surface area (Å²) in [5.41, 5.74) is 0.565. The lowest BCUT2D eigenvalue weighted by Gasteiger charge is -2.06. The number of fused-ring (bicyclic) bond motifs is 1. The Balaban J connectivity index is 1.64. The number of benzene rings is 1. The van der Waals surface area contributed by atoms with Crippen molar-refractivity contribution in [2.24, 2.45) is 0 Å². The van der Waals surface area contributed by atoms with Crippen molar-refractivity contribution >= 4 is 39.8 Å². The number of carbonyl (C=O) groups is 1. The van der Waals surface area contributed by atoms with Gasteiger partial charge in [-0.15, -0.1) is 11.3 Å². The molecular formula is C16H16N4O2S2. The van der Waals surface area contributed by atoms with Crippen LogP contribution in [0.3, 0.4) is 0 Å². The summed E-state index contributed by atoms with van der Waals surface area (Å²) >= 11 is 3.29. The molecule has 0 aliphatic carbocycles. The Labute approximate surface area is 146 Å². The summed E-state index contributed by atoms with van der Waals surface area (Å²) in [6.45, 7) is 0.248. The molecular weight excluding hydrogens is 344 g/mol. The summed E-state index contributed by atoms with van der Waals surface area (Å²) in [4.78, 5) is 28.8. The molecule has 0 unspecified atom stereocenters. The molecule has 2 aromatic heterocycles. The lowest BCUT2D eigenvalue weighted by atomic mass is 10.2. The number of amides is 1. The molecule has 0 radical (unpaired) electrons. The fraction of sp³-hybridized carbons (Fsp3) is 0.250.